The van der Waals surface area contributed by atoms with Gasteiger partial charge in [0.1, 0.15) is 5.69 Å². The lowest BCUT2D eigenvalue weighted by atomic mass is 9.83. The largest absolute Gasteiger partial charge is 0.397 e. The van der Waals surface area contributed by atoms with E-state index in [1.54, 1.807) is 10.7 Å². The SMILES string of the molecule is Cc1cc(C(F)=Cc2ccc(C(C)(C)C(F)(F)F)cc2)nn1Cc1ccccc1. The lowest BCUT2D eigenvalue weighted by Crippen LogP contribution is -2.36. The zero-order valence-electron chi connectivity index (χ0n) is 16.5. The van der Waals surface area contributed by atoms with Gasteiger partial charge in [0.15, 0.2) is 5.83 Å². The van der Waals surface area contributed by atoms with Crippen molar-refractivity contribution in [2.45, 2.75) is 38.9 Å². The van der Waals surface area contributed by atoms with Crippen LogP contribution < -0.4 is 0 Å². The predicted molar refractivity (Wildman–Crippen MR) is 107 cm³/mol. The topological polar surface area (TPSA) is 17.8 Å². The molecular formula is C23H22F4N2. The Hall–Kier alpha value is -2.89. The molecular weight excluding hydrogens is 380 g/mol. The fourth-order valence-electron chi connectivity index (χ4n) is 2.92. The molecule has 152 valence electrons. The summed E-state index contributed by atoms with van der Waals surface area (Å²) in [5.41, 5.74) is 0.691. The van der Waals surface area contributed by atoms with Crippen molar-refractivity contribution in [3.8, 4) is 0 Å². The van der Waals surface area contributed by atoms with E-state index < -0.39 is 17.4 Å². The molecule has 1 heterocycles. The van der Waals surface area contributed by atoms with Gasteiger partial charge in [0, 0.05) is 5.69 Å². The number of nitrogens with zero attached hydrogens (tertiary/aromatic N) is 2. The molecule has 0 saturated carbocycles. The van der Waals surface area contributed by atoms with Crippen molar-refractivity contribution in [2.24, 2.45) is 0 Å². The fraction of sp³-hybridized carbons (Fsp3) is 0.261. The maximum absolute atomic E-state index is 14.7. The molecule has 0 aliphatic heterocycles. The minimum absolute atomic E-state index is 0.130. The van der Waals surface area contributed by atoms with Crippen molar-refractivity contribution >= 4 is 11.9 Å². The monoisotopic (exact) mass is 402 g/mol. The maximum atomic E-state index is 14.7. The van der Waals surface area contributed by atoms with Gasteiger partial charge < -0.3 is 0 Å². The van der Waals surface area contributed by atoms with Gasteiger partial charge in [-0.3, -0.25) is 4.68 Å². The second-order valence-corrected chi connectivity index (χ2v) is 7.55. The fourth-order valence-corrected chi connectivity index (χ4v) is 2.92. The molecule has 0 fully saturated rings. The van der Waals surface area contributed by atoms with Crippen LogP contribution in [0, 0.1) is 6.92 Å². The van der Waals surface area contributed by atoms with Crippen LogP contribution in [0.1, 0.15) is 41.9 Å². The van der Waals surface area contributed by atoms with Gasteiger partial charge in [-0.25, -0.2) is 4.39 Å². The van der Waals surface area contributed by atoms with Gasteiger partial charge in [-0.05, 0) is 49.6 Å². The second-order valence-electron chi connectivity index (χ2n) is 7.55. The van der Waals surface area contributed by atoms with Gasteiger partial charge in [0.25, 0.3) is 0 Å². The third-order valence-electron chi connectivity index (χ3n) is 5.04. The maximum Gasteiger partial charge on any atom is 0.397 e. The summed E-state index contributed by atoms with van der Waals surface area (Å²) in [6.07, 6.45) is -3.09. The molecule has 0 radical (unpaired) electrons. The van der Waals surface area contributed by atoms with Crippen LogP contribution in [-0.2, 0) is 12.0 Å². The summed E-state index contributed by atoms with van der Waals surface area (Å²) in [6.45, 7) is 4.63. The van der Waals surface area contributed by atoms with Crippen molar-refractivity contribution in [1.82, 2.24) is 9.78 Å². The van der Waals surface area contributed by atoms with Crippen LogP contribution in [0.25, 0.3) is 11.9 Å². The van der Waals surface area contributed by atoms with Crippen LogP contribution in [0.15, 0.2) is 60.7 Å². The third-order valence-corrected chi connectivity index (χ3v) is 5.04. The zero-order chi connectivity index (χ0) is 21.2. The molecule has 2 nitrogen and oxygen atoms in total. The smallest absolute Gasteiger partial charge is 0.265 e. The van der Waals surface area contributed by atoms with E-state index >= 15 is 0 Å². The molecule has 6 heteroatoms. The lowest BCUT2D eigenvalue weighted by molar-refractivity contribution is -0.180. The number of aryl methyl sites for hydroxylation is 1. The number of hydrogen-bond donors (Lipinski definition) is 0. The van der Waals surface area contributed by atoms with E-state index in [1.807, 2.05) is 37.3 Å². The second kappa shape index (κ2) is 7.85. The molecule has 0 saturated heterocycles. The highest BCUT2D eigenvalue weighted by Gasteiger charge is 2.48. The summed E-state index contributed by atoms with van der Waals surface area (Å²) in [5.74, 6) is -0.539. The summed E-state index contributed by atoms with van der Waals surface area (Å²) < 4.78 is 55.9. The number of aromatic nitrogens is 2. The molecule has 2 aromatic carbocycles. The normalized spacial score (nSPS) is 13.0. The van der Waals surface area contributed by atoms with E-state index in [0.717, 1.165) is 25.1 Å². The Morgan fingerprint density at radius 1 is 1.00 bits per heavy atom. The van der Waals surface area contributed by atoms with Gasteiger partial charge >= 0.3 is 6.18 Å². The Labute approximate surface area is 167 Å². The summed E-state index contributed by atoms with van der Waals surface area (Å²) in [6, 6.07) is 17.1. The molecule has 3 rings (SSSR count). The van der Waals surface area contributed by atoms with Gasteiger partial charge in [0.2, 0.25) is 0 Å². The van der Waals surface area contributed by atoms with Crippen LogP contribution in [0.3, 0.4) is 0 Å². The molecule has 0 aliphatic rings. The first-order valence-corrected chi connectivity index (χ1v) is 9.21. The summed E-state index contributed by atoms with van der Waals surface area (Å²) in [7, 11) is 0. The van der Waals surface area contributed by atoms with Gasteiger partial charge in [-0.2, -0.15) is 18.3 Å². The van der Waals surface area contributed by atoms with Gasteiger partial charge in [-0.15, -0.1) is 0 Å². The van der Waals surface area contributed by atoms with E-state index in [4.69, 9.17) is 0 Å². The molecule has 3 aromatic rings. The Morgan fingerprint density at radius 3 is 2.21 bits per heavy atom. The summed E-state index contributed by atoms with van der Waals surface area (Å²) >= 11 is 0. The van der Waals surface area contributed by atoms with Crippen molar-refractivity contribution in [3.63, 3.8) is 0 Å². The first-order valence-electron chi connectivity index (χ1n) is 9.21. The average Bonchev–Trinajstić information content (AvgIpc) is 3.03. The number of hydrogen-bond acceptors (Lipinski definition) is 1. The van der Waals surface area contributed by atoms with E-state index in [1.165, 1.54) is 30.3 Å². The molecule has 0 spiro atoms. The highest BCUT2D eigenvalue weighted by molar-refractivity contribution is 5.75. The Bertz CT molecular complexity index is 998. The van der Waals surface area contributed by atoms with Crippen LogP contribution in [0.5, 0.6) is 0 Å². The molecule has 0 aliphatic carbocycles. The molecule has 29 heavy (non-hydrogen) atoms. The highest BCUT2D eigenvalue weighted by atomic mass is 19.4. The first kappa shape index (κ1) is 20.8. The Morgan fingerprint density at radius 2 is 1.62 bits per heavy atom. The zero-order valence-corrected chi connectivity index (χ0v) is 16.5. The molecule has 0 unspecified atom stereocenters. The van der Waals surface area contributed by atoms with Crippen molar-refractivity contribution in [2.75, 3.05) is 0 Å². The molecule has 0 bridgehead atoms. The van der Waals surface area contributed by atoms with Crippen molar-refractivity contribution < 1.29 is 17.6 Å². The van der Waals surface area contributed by atoms with E-state index in [0.29, 0.717) is 12.1 Å². The quantitative estimate of drug-likeness (QED) is 0.443. The number of halogens is 4. The lowest BCUT2D eigenvalue weighted by Gasteiger charge is -2.28. The van der Waals surface area contributed by atoms with Crippen molar-refractivity contribution in [3.05, 3.63) is 88.7 Å². The Kier molecular flexibility index (Phi) is 5.64. The minimum Gasteiger partial charge on any atom is -0.265 e. The van der Waals surface area contributed by atoms with Crippen LogP contribution in [-0.4, -0.2) is 16.0 Å². The summed E-state index contributed by atoms with van der Waals surface area (Å²) in [4.78, 5) is 0. The number of rotatable bonds is 5. The first-order chi connectivity index (χ1) is 13.6. The summed E-state index contributed by atoms with van der Waals surface area (Å²) in [5, 5.41) is 4.31. The predicted octanol–water partition coefficient (Wildman–Crippen LogP) is 6.55. The highest BCUT2D eigenvalue weighted by Crippen LogP contribution is 2.40. The van der Waals surface area contributed by atoms with Crippen LogP contribution >= 0.6 is 0 Å². The van der Waals surface area contributed by atoms with E-state index in [9.17, 15) is 17.6 Å². The third kappa shape index (κ3) is 4.58. The molecule has 0 amide bonds. The van der Waals surface area contributed by atoms with Crippen LogP contribution in [0.2, 0.25) is 0 Å². The van der Waals surface area contributed by atoms with Gasteiger partial charge in [-0.1, -0.05) is 54.6 Å². The van der Waals surface area contributed by atoms with E-state index in [2.05, 4.69) is 5.10 Å². The molecule has 1 aromatic heterocycles. The Balaban J connectivity index is 1.80. The van der Waals surface area contributed by atoms with Crippen LogP contribution in [0.4, 0.5) is 17.6 Å². The molecule has 0 N–H and O–H groups in total. The van der Waals surface area contributed by atoms with E-state index in [-0.39, 0.29) is 11.3 Å². The molecule has 0 atom stereocenters. The number of alkyl halides is 3. The average molecular weight is 402 g/mol. The van der Waals surface area contributed by atoms with Gasteiger partial charge in [0.05, 0.1) is 12.0 Å². The minimum atomic E-state index is -4.36. The number of benzene rings is 2. The van der Waals surface area contributed by atoms with Crippen molar-refractivity contribution in [1.29, 1.82) is 0 Å². The standard InChI is InChI=1S/C23H22F4N2/c1-16-13-21(28-29(16)15-18-7-5-4-6-8-18)20(24)14-17-9-11-19(12-10-17)22(2,3)23(25,26)27/h4-14H,15H2,1-3H3.